The standard InChI is InChI=1S/C6H4Cl2O2S/c7-6(8)1-2-3(9)4(10)5(6)11-2/h9-10H,1H2. The highest BCUT2D eigenvalue weighted by Gasteiger charge is 2.42. The molecule has 2 rings (SSSR count). The monoisotopic (exact) mass is 210 g/mol. The third kappa shape index (κ3) is 0.849. The topological polar surface area (TPSA) is 40.5 Å². The summed E-state index contributed by atoms with van der Waals surface area (Å²) in [5, 5.41) is 18.4. The van der Waals surface area contributed by atoms with Crippen LogP contribution < -0.4 is 0 Å². The van der Waals surface area contributed by atoms with Gasteiger partial charge in [0, 0.05) is 6.42 Å². The van der Waals surface area contributed by atoms with Crippen LogP contribution in [0.15, 0.2) is 0 Å². The number of aromatic hydroxyl groups is 2. The molecule has 0 aliphatic carbocycles. The molecule has 60 valence electrons. The van der Waals surface area contributed by atoms with Crippen molar-refractivity contribution in [2.75, 3.05) is 0 Å². The van der Waals surface area contributed by atoms with Crippen molar-refractivity contribution in [1.82, 2.24) is 0 Å². The molecule has 1 aromatic heterocycles. The Hall–Kier alpha value is -0.120. The smallest absolute Gasteiger partial charge is 0.175 e. The lowest BCUT2D eigenvalue weighted by molar-refractivity contribution is 0.393. The van der Waals surface area contributed by atoms with Crippen LogP contribution in [0.4, 0.5) is 0 Å². The lowest BCUT2D eigenvalue weighted by Crippen LogP contribution is -2.09. The van der Waals surface area contributed by atoms with E-state index in [1.807, 2.05) is 0 Å². The first kappa shape index (κ1) is 7.53. The lowest BCUT2D eigenvalue weighted by Gasteiger charge is -2.15. The van der Waals surface area contributed by atoms with Crippen LogP contribution in [0.1, 0.15) is 9.75 Å². The Morgan fingerprint density at radius 1 is 1.27 bits per heavy atom. The Bertz CT molecular complexity index is 319. The second-order valence-corrected chi connectivity index (χ2v) is 5.02. The van der Waals surface area contributed by atoms with Gasteiger partial charge < -0.3 is 10.2 Å². The van der Waals surface area contributed by atoms with E-state index in [0.29, 0.717) is 16.2 Å². The highest BCUT2D eigenvalue weighted by Crippen LogP contribution is 2.58. The minimum Gasteiger partial charge on any atom is -0.503 e. The summed E-state index contributed by atoms with van der Waals surface area (Å²) in [5.41, 5.74) is 0. The maximum Gasteiger partial charge on any atom is 0.175 e. The molecule has 0 atom stereocenters. The van der Waals surface area contributed by atoms with Gasteiger partial charge in [-0.3, -0.25) is 0 Å². The van der Waals surface area contributed by atoms with E-state index >= 15 is 0 Å². The quantitative estimate of drug-likeness (QED) is 0.646. The van der Waals surface area contributed by atoms with Crippen LogP contribution in [0.5, 0.6) is 11.5 Å². The summed E-state index contributed by atoms with van der Waals surface area (Å²) in [6.45, 7) is 0. The van der Waals surface area contributed by atoms with Gasteiger partial charge in [-0.15, -0.1) is 11.3 Å². The van der Waals surface area contributed by atoms with Crippen molar-refractivity contribution < 1.29 is 10.2 Å². The summed E-state index contributed by atoms with van der Waals surface area (Å²) in [7, 11) is 0. The Balaban J connectivity index is 2.65. The first-order valence-electron chi connectivity index (χ1n) is 2.94. The fourth-order valence-electron chi connectivity index (χ4n) is 1.11. The molecule has 0 unspecified atom stereocenters. The van der Waals surface area contributed by atoms with Crippen molar-refractivity contribution in [2.24, 2.45) is 0 Å². The van der Waals surface area contributed by atoms with Gasteiger partial charge in [0.1, 0.15) is 0 Å². The molecule has 0 saturated heterocycles. The van der Waals surface area contributed by atoms with Crippen molar-refractivity contribution in [2.45, 2.75) is 10.8 Å². The van der Waals surface area contributed by atoms with Crippen molar-refractivity contribution in [3.8, 4) is 11.5 Å². The molecule has 0 amide bonds. The molecule has 0 fully saturated rings. The summed E-state index contributed by atoms with van der Waals surface area (Å²) in [6.07, 6.45) is 0.395. The van der Waals surface area contributed by atoms with Gasteiger partial charge in [0.2, 0.25) is 0 Å². The fraction of sp³-hybridized carbons (Fsp3) is 0.333. The summed E-state index contributed by atoms with van der Waals surface area (Å²) in [4.78, 5) is 1.11. The summed E-state index contributed by atoms with van der Waals surface area (Å²) >= 11 is 12.9. The number of thiophene rings is 1. The Labute approximate surface area is 77.0 Å². The number of fused-ring (bicyclic) bond motifs is 2. The van der Waals surface area contributed by atoms with Gasteiger partial charge in [-0.05, 0) is 0 Å². The molecule has 11 heavy (non-hydrogen) atoms. The zero-order valence-corrected chi connectivity index (χ0v) is 7.59. The predicted molar refractivity (Wildman–Crippen MR) is 44.7 cm³/mol. The van der Waals surface area contributed by atoms with E-state index in [1.54, 1.807) is 0 Å². The van der Waals surface area contributed by atoms with Crippen LogP contribution >= 0.6 is 34.5 Å². The van der Waals surface area contributed by atoms with Crippen LogP contribution in [0.25, 0.3) is 0 Å². The van der Waals surface area contributed by atoms with Gasteiger partial charge in [0.05, 0.1) is 9.75 Å². The molecule has 1 aliphatic rings. The van der Waals surface area contributed by atoms with Crippen molar-refractivity contribution in [1.29, 1.82) is 0 Å². The van der Waals surface area contributed by atoms with Crippen LogP contribution in [0.2, 0.25) is 0 Å². The number of hydrogen-bond acceptors (Lipinski definition) is 3. The first-order chi connectivity index (χ1) is 5.02. The lowest BCUT2D eigenvalue weighted by atomic mass is 10.1. The second-order valence-electron chi connectivity index (χ2n) is 2.43. The van der Waals surface area contributed by atoms with Crippen LogP contribution in [-0.2, 0) is 10.8 Å². The van der Waals surface area contributed by atoms with Crippen molar-refractivity contribution >= 4 is 34.5 Å². The van der Waals surface area contributed by atoms with Gasteiger partial charge in [-0.1, -0.05) is 23.2 Å². The second kappa shape index (κ2) is 1.97. The van der Waals surface area contributed by atoms with Gasteiger partial charge in [0.15, 0.2) is 15.8 Å². The molecule has 2 heterocycles. The van der Waals surface area contributed by atoms with Crippen LogP contribution in [0, 0.1) is 0 Å². The van der Waals surface area contributed by atoms with E-state index in [4.69, 9.17) is 28.3 Å². The highest BCUT2D eigenvalue weighted by atomic mass is 35.5. The number of hydrogen-bond donors (Lipinski definition) is 2. The number of alkyl halides is 2. The van der Waals surface area contributed by atoms with Crippen LogP contribution in [0.3, 0.4) is 0 Å². The van der Waals surface area contributed by atoms with E-state index in [0.717, 1.165) is 0 Å². The van der Waals surface area contributed by atoms with E-state index in [1.165, 1.54) is 11.3 Å². The zero-order valence-electron chi connectivity index (χ0n) is 5.27. The molecule has 2 bridgehead atoms. The summed E-state index contributed by atoms with van der Waals surface area (Å²) < 4.78 is -1.02. The van der Waals surface area contributed by atoms with E-state index in [-0.39, 0.29) is 11.5 Å². The van der Waals surface area contributed by atoms with Gasteiger partial charge >= 0.3 is 0 Å². The first-order valence-corrected chi connectivity index (χ1v) is 4.51. The van der Waals surface area contributed by atoms with Gasteiger partial charge in [-0.2, -0.15) is 0 Å². The third-order valence-corrected chi connectivity index (χ3v) is 3.84. The molecule has 2 nitrogen and oxygen atoms in total. The SMILES string of the molecule is Oc1c2sc(c1O)C(Cl)(Cl)C2. The van der Waals surface area contributed by atoms with E-state index < -0.39 is 4.33 Å². The molecule has 1 aromatic rings. The Morgan fingerprint density at radius 2 is 1.91 bits per heavy atom. The Kier molecular flexibility index (Phi) is 1.35. The van der Waals surface area contributed by atoms with Gasteiger partial charge in [0.25, 0.3) is 0 Å². The maximum absolute atomic E-state index is 9.21. The van der Waals surface area contributed by atoms with Gasteiger partial charge in [-0.25, -0.2) is 0 Å². The molecule has 1 aliphatic heterocycles. The third-order valence-electron chi connectivity index (χ3n) is 1.64. The van der Waals surface area contributed by atoms with Crippen LogP contribution in [-0.4, -0.2) is 10.2 Å². The average molecular weight is 211 g/mol. The molecule has 5 heteroatoms. The highest BCUT2D eigenvalue weighted by molar-refractivity contribution is 7.14. The number of halogens is 2. The average Bonchev–Trinajstić information content (AvgIpc) is 2.31. The molecule has 0 spiro atoms. The summed E-state index contributed by atoms with van der Waals surface area (Å²) in [6, 6.07) is 0. The molecule has 0 radical (unpaired) electrons. The van der Waals surface area contributed by atoms with E-state index in [2.05, 4.69) is 0 Å². The minimum absolute atomic E-state index is 0.0677. The van der Waals surface area contributed by atoms with E-state index in [9.17, 15) is 5.11 Å². The minimum atomic E-state index is -1.02. The predicted octanol–water partition coefficient (Wildman–Crippen LogP) is 2.35. The molecule has 2 N–H and O–H groups in total. The Morgan fingerprint density at radius 3 is 2.27 bits per heavy atom. The molecular weight excluding hydrogens is 207 g/mol. The fourth-order valence-corrected chi connectivity index (χ4v) is 3.09. The number of rotatable bonds is 0. The van der Waals surface area contributed by atoms with Crippen molar-refractivity contribution in [3.63, 3.8) is 0 Å². The normalized spacial score (nSPS) is 19.1. The molecule has 0 saturated carbocycles. The zero-order chi connectivity index (χ0) is 8.22. The summed E-state index contributed by atoms with van der Waals surface area (Å²) in [5.74, 6) is -0.233. The molecular formula is C6H4Cl2O2S. The maximum atomic E-state index is 9.21. The largest absolute Gasteiger partial charge is 0.503 e. The van der Waals surface area contributed by atoms with Crippen molar-refractivity contribution in [3.05, 3.63) is 9.75 Å². The molecule has 0 aromatic carbocycles.